The zero-order valence-electron chi connectivity index (χ0n) is 28.1. The van der Waals surface area contributed by atoms with E-state index in [1.54, 1.807) is 36.4 Å². The largest absolute Gasteiger partial charge is 0.489 e. The van der Waals surface area contributed by atoms with E-state index in [-0.39, 0.29) is 35.8 Å². The molecule has 3 heterocycles. The van der Waals surface area contributed by atoms with Crippen LogP contribution in [0.5, 0.6) is 5.75 Å². The normalized spacial score (nSPS) is 23.5. The molecule has 3 aliphatic rings. The molecule has 3 aromatic rings. The lowest BCUT2D eigenvalue weighted by Crippen LogP contribution is -2.76. The number of nitrogens with two attached hydrogens (primary N) is 1. The molecular formula is C37H40ClFN6O4. The van der Waals surface area contributed by atoms with Gasteiger partial charge in [-0.15, -0.1) is 0 Å². The number of pyridine rings is 1. The summed E-state index contributed by atoms with van der Waals surface area (Å²) in [4.78, 5) is 48.9. The second-order valence-electron chi connectivity index (χ2n) is 14.4. The predicted molar refractivity (Wildman–Crippen MR) is 182 cm³/mol. The predicted octanol–water partition coefficient (Wildman–Crippen LogP) is 5.28. The van der Waals surface area contributed by atoms with Gasteiger partial charge in [0, 0.05) is 67.8 Å². The third-order valence-electron chi connectivity index (χ3n) is 10.4. The topological polar surface area (TPSA) is 133 Å². The minimum absolute atomic E-state index is 0.140. The van der Waals surface area contributed by atoms with Crippen LogP contribution in [0.15, 0.2) is 54.7 Å². The minimum atomic E-state index is -0.771. The first kappa shape index (κ1) is 34.3. The Morgan fingerprint density at radius 2 is 1.78 bits per heavy atom. The van der Waals surface area contributed by atoms with Gasteiger partial charge in [0.15, 0.2) is 0 Å². The lowest BCUT2D eigenvalue weighted by Gasteiger charge is -2.65. The van der Waals surface area contributed by atoms with Crippen LogP contribution in [-0.4, -0.2) is 70.8 Å². The standard InChI is InChI=1S/C37H40ClFN6O4/c1-36(2)34(37(3,4)35(36)49-25-8-6-23(19-40)28(38)18-25)45-31(46)12-10-27(33(45)48)26-9-5-22(17-29(26)39)21-43-13-15-44(16-14-43)30-11-7-24(20-42-30)32(41)47/h5-9,11,17-18,20,27,34-35H,10,12-16,21H2,1-4H3,(H2,41,47). The molecule has 0 spiro atoms. The maximum atomic E-state index is 15.8. The quantitative estimate of drug-likeness (QED) is 0.317. The number of primary amides is 1. The molecule has 2 saturated heterocycles. The van der Waals surface area contributed by atoms with Crippen molar-refractivity contribution in [3.63, 3.8) is 0 Å². The first-order valence-electron chi connectivity index (χ1n) is 16.5. The maximum absolute atomic E-state index is 15.8. The molecule has 1 aromatic heterocycles. The molecule has 256 valence electrons. The van der Waals surface area contributed by atoms with E-state index < -0.39 is 34.5 Å². The lowest BCUT2D eigenvalue weighted by atomic mass is 9.48. The number of halogens is 2. The van der Waals surface area contributed by atoms with Crippen molar-refractivity contribution < 1.29 is 23.5 Å². The lowest BCUT2D eigenvalue weighted by molar-refractivity contribution is -0.215. The molecule has 12 heteroatoms. The van der Waals surface area contributed by atoms with Gasteiger partial charge < -0.3 is 15.4 Å². The van der Waals surface area contributed by atoms with E-state index in [1.165, 1.54) is 17.2 Å². The number of nitriles is 1. The van der Waals surface area contributed by atoms with Crippen LogP contribution in [-0.2, 0) is 16.1 Å². The molecule has 3 fully saturated rings. The summed E-state index contributed by atoms with van der Waals surface area (Å²) in [6.45, 7) is 11.4. The fraction of sp³-hybridized carbons (Fsp3) is 0.432. The molecule has 0 bridgehead atoms. The smallest absolute Gasteiger partial charge is 0.250 e. The first-order chi connectivity index (χ1) is 23.2. The third kappa shape index (κ3) is 6.35. The number of likely N-dealkylation sites (tertiary alicyclic amines) is 1. The Labute approximate surface area is 290 Å². The van der Waals surface area contributed by atoms with Crippen LogP contribution in [0, 0.1) is 28.0 Å². The van der Waals surface area contributed by atoms with Crippen molar-refractivity contribution in [3.8, 4) is 11.8 Å². The van der Waals surface area contributed by atoms with E-state index in [2.05, 4.69) is 14.8 Å². The number of carbonyl (C=O) groups is 3. The number of piperidine rings is 1. The zero-order valence-corrected chi connectivity index (χ0v) is 28.8. The fourth-order valence-corrected chi connectivity index (χ4v) is 8.51. The number of carbonyl (C=O) groups excluding carboxylic acids is 3. The van der Waals surface area contributed by atoms with Crippen LogP contribution >= 0.6 is 11.6 Å². The Balaban J connectivity index is 1.11. The van der Waals surface area contributed by atoms with Crippen molar-refractivity contribution in [1.82, 2.24) is 14.8 Å². The number of amides is 3. The molecule has 10 nitrogen and oxygen atoms in total. The van der Waals surface area contributed by atoms with Crippen LogP contribution in [0.25, 0.3) is 0 Å². The number of rotatable bonds is 8. The van der Waals surface area contributed by atoms with E-state index in [0.29, 0.717) is 29.0 Å². The van der Waals surface area contributed by atoms with E-state index in [0.717, 1.165) is 37.6 Å². The number of piperazine rings is 1. The van der Waals surface area contributed by atoms with Crippen molar-refractivity contribution in [3.05, 3.63) is 87.8 Å². The number of benzene rings is 2. The molecule has 0 radical (unpaired) electrons. The molecule has 49 heavy (non-hydrogen) atoms. The average molecular weight is 687 g/mol. The number of aromatic nitrogens is 1. The summed E-state index contributed by atoms with van der Waals surface area (Å²) >= 11 is 6.24. The van der Waals surface area contributed by atoms with Crippen LogP contribution in [0.4, 0.5) is 10.2 Å². The van der Waals surface area contributed by atoms with Crippen molar-refractivity contribution >= 4 is 35.1 Å². The summed E-state index contributed by atoms with van der Waals surface area (Å²) in [6, 6.07) is 15.0. The number of nitrogens with zero attached hydrogens (tertiary/aromatic N) is 5. The Bertz CT molecular complexity index is 1820. The van der Waals surface area contributed by atoms with Gasteiger partial charge in [-0.1, -0.05) is 51.4 Å². The molecule has 2 aromatic carbocycles. The molecule has 6 rings (SSSR count). The van der Waals surface area contributed by atoms with Crippen LogP contribution in [0.2, 0.25) is 5.02 Å². The van der Waals surface area contributed by atoms with Crippen molar-refractivity contribution in [2.75, 3.05) is 31.1 Å². The molecule has 1 atom stereocenters. The summed E-state index contributed by atoms with van der Waals surface area (Å²) in [5, 5.41) is 9.51. The van der Waals surface area contributed by atoms with Gasteiger partial charge in [-0.05, 0) is 42.3 Å². The van der Waals surface area contributed by atoms with Crippen LogP contribution < -0.4 is 15.4 Å². The Morgan fingerprint density at radius 3 is 2.37 bits per heavy atom. The van der Waals surface area contributed by atoms with Crippen molar-refractivity contribution in [1.29, 1.82) is 5.26 Å². The second-order valence-corrected chi connectivity index (χ2v) is 14.8. The van der Waals surface area contributed by atoms with E-state index in [9.17, 15) is 19.6 Å². The van der Waals surface area contributed by atoms with E-state index >= 15 is 4.39 Å². The number of hydrogen-bond donors (Lipinski definition) is 1. The van der Waals surface area contributed by atoms with Crippen LogP contribution in [0.1, 0.15) is 73.5 Å². The summed E-state index contributed by atoms with van der Waals surface area (Å²) in [6.07, 6.45) is 1.50. The van der Waals surface area contributed by atoms with Gasteiger partial charge in [0.1, 0.15) is 29.6 Å². The van der Waals surface area contributed by atoms with Crippen molar-refractivity contribution in [2.24, 2.45) is 16.6 Å². The molecule has 1 aliphatic carbocycles. The molecular weight excluding hydrogens is 647 g/mol. The van der Waals surface area contributed by atoms with Gasteiger partial charge in [-0.25, -0.2) is 9.37 Å². The molecule has 3 amide bonds. The van der Waals surface area contributed by atoms with Gasteiger partial charge >= 0.3 is 0 Å². The van der Waals surface area contributed by atoms with Gasteiger partial charge in [0.2, 0.25) is 17.7 Å². The molecule has 2 aliphatic heterocycles. The van der Waals surface area contributed by atoms with Crippen molar-refractivity contribution in [2.45, 2.75) is 65.1 Å². The number of hydrogen-bond acceptors (Lipinski definition) is 8. The monoisotopic (exact) mass is 686 g/mol. The van der Waals surface area contributed by atoms with Crippen LogP contribution in [0.3, 0.4) is 0 Å². The molecule has 1 unspecified atom stereocenters. The minimum Gasteiger partial charge on any atom is -0.489 e. The summed E-state index contributed by atoms with van der Waals surface area (Å²) in [7, 11) is 0. The first-order valence-corrected chi connectivity index (χ1v) is 16.8. The number of ether oxygens (including phenoxy) is 1. The van der Waals surface area contributed by atoms with Gasteiger partial charge in [-0.2, -0.15) is 5.26 Å². The highest BCUT2D eigenvalue weighted by Gasteiger charge is 2.68. The highest BCUT2D eigenvalue weighted by atomic mass is 35.5. The zero-order chi connectivity index (χ0) is 35.2. The van der Waals surface area contributed by atoms with Gasteiger partial charge in [-0.3, -0.25) is 24.2 Å². The molecule has 1 saturated carbocycles. The molecule has 2 N–H and O–H groups in total. The highest BCUT2D eigenvalue weighted by Crippen LogP contribution is 2.59. The van der Waals surface area contributed by atoms with E-state index in [1.807, 2.05) is 39.8 Å². The summed E-state index contributed by atoms with van der Waals surface area (Å²) < 4.78 is 22.1. The Morgan fingerprint density at radius 1 is 1.06 bits per heavy atom. The Kier molecular flexibility index (Phi) is 9.15. The second kappa shape index (κ2) is 13.1. The third-order valence-corrected chi connectivity index (χ3v) is 10.7. The highest BCUT2D eigenvalue weighted by molar-refractivity contribution is 6.31. The number of imide groups is 1. The number of anilines is 1. The summed E-state index contributed by atoms with van der Waals surface area (Å²) in [5.41, 5.74) is 5.90. The maximum Gasteiger partial charge on any atom is 0.250 e. The van der Waals surface area contributed by atoms with E-state index in [4.69, 9.17) is 22.1 Å². The SMILES string of the molecule is CC1(C)C(Oc2ccc(C#N)c(Cl)c2)C(C)(C)C1N1C(=O)CCC(c2ccc(CN3CCN(c4ccc(C(N)=O)cn4)CC3)cc2F)C1=O. The summed E-state index contributed by atoms with van der Waals surface area (Å²) in [5.74, 6) is -1.11. The fourth-order valence-electron chi connectivity index (χ4n) is 8.30. The van der Waals surface area contributed by atoms with Gasteiger partial charge in [0.25, 0.3) is 0 Å². The van der Waals surface area contributed by atoms with Gasteiger partial charge in [0.05, 0.1) is 28.1 Å². The average Bonchev–Trinajstić information content (AvgIpc) is 3.06. The Hall–Kier alpha value is -4.53.